The summed E-state index contributed by atoms with van der Waals surface area (Å²) < 4.78 is 5.81. The summed E-state index contributed by atoms with van der Waals surface area (Å²) in [6, 6.07) is 18.7. The SMILES string of the molecule is C/C(CCc1ccc(OCCCc2ccccc2)cc1)=N\NC(N)=S. The second-order valence-electron chi connectivity index (χ2n) is 5.90. The molecule has 25 heavy (non-hydrogen) atoms. The lowest BCUT2D eigenvalue weighted by Gasteiger charge is -2.08. The Hall–Kier alpha value is -2.40. The maximum Gasteiger partial charge on any atom is 0.184 e. The minimum Gasteiger partial charge on any atom is -0.494 e. The average molecular weight is 356 g/mol. The molecule has 2 aromatic rings. The van der Waals surface area contributed by atoms with E-state index in [1.807, 2.05) is 25.1 Å². The third-order valence-electron chi connectivity index (χ3n) is 3.78. The molecule has 0 unspecified atom stereocenters. The largest absolute Gasteiger partial charge is 0.494 e. The number of ether oxygens (including phenoxy) is 1. The van der Waals surface area contributed by atoms with Crippen LogP contribution in [0.15, 0.2) is 59.7 Å². The second-order valence-corrected chi connectivity index (χ2v) is 6.34. The monoisotopic (exact) mass is 355 g/mol. The van der Waals surface area contributed by atoms with Crippen molar-refractivity contribution in [3.05, 3.63) is 65.7 Å². The first-order valence-corrected chi connectivity index (χ1v) is 8.88. The summed E-state index contributed by atoms with van der Waals surface area (Å²) in [6.07, 6.45) is 3.82. The molecular formula is C20H25N3OS. The van der Waals surface area contributed by atoms with Crippen LogP contribution in [0.25, 0.3) is 0 Å². The van der Waals surface area contributed by atoms with Crippen LogP contribution >= 0.6 is 12.2 Å². The smallest absolute Gasteiger partial charge is 0.184 e. The van der Waals surface area contributed by atoms with Crippen LogP contribution in [-0.4, -0.2) is 17.4 Å². The predicted octanol–water partition coefficient (Wildman–Crippen LogP) is 3.84. The standard InChI is InChI=1S/C20H25N3OS/c1-16(22-23-20(21)25)9-10-18-11-13-19(14-12-18)24-15-5-8-17-6-3-2-4-7-17/h2-4,6-7,11-14H,5,8-10,15H2,1H3,(H3,21,23,25)/b22-16+. The van der Waals surface area contributed by atoms with Crippen molar-refractivity contribution in [3.8, 4) is 5.75 Å². The Balaban J connectivity index is 1.69. The van der Waals surface area contributed by atoms with Crippen molar-refractivity contribution < 1.29 is 4.74 Å². The van der Waals surface area contributed by atoms with Crippen LogP contribution < -0.4 is 15.9 Å². The second kappa shape index (κ2) is 10.5. The molecule has 2 rings (SSSR count). The Morgan fingerprint density at radius 1 is 1.04 bits per heavy atom. The van der Waals surface area contributed by atoms with Gasteiger partial charge < -0.3 is 10.5 Å². The van der Waals surface area contributed by atoms with Crippen LogP contribution in [0.1, 0.15) is 30.9 Å². The summed E-state index contributed by atoms with van der Waals surface area (Å²) in [4.78, 5) is 0. The Morgan fingerprint density at radius 2 is 1.72 bits per heavy atom. The van der Waals surface area contributed by atoms with Gasteiger partial charge in [0.25, 0.3) is 0 Å². The highest BCUT2D eigenvalue weighted by Gasteiger charge is 1.99. The normalized spacial score (nSPS) is 11.2. The zero-order valence-electron chi connectivity index (χ0n) is 14.6. The van der Waals surface area contributed by atoms with Crippen LogP contribution in [0.5, 0.6) is 5.75 Å². The molecule has 0 fully saturated rings. The molecule has 0 aliphatic heterocycles. The molecule has 0 spiro atoms. The molecule has 0 radical (unpaired) electrons. The van der Waals surface area contributed by atoms with Crippen LogP contribution in [0, 0.1) is 0 Å². The van der Waals surface area contributed by atoms with E-state index >= 15 is 0 Å². The average Bonchev–Trinajstić information content (AvgIpc) is 2.63. The van der Waals surface area contributed by atoms with Crippen molar-refractivity contribution in [2.45, 2.75) is 32.6 Å². The number of nitrogens with zero attached hydrogens (tertiary/aromatic N) is 1. The Labute approximate surface area is 155 Å². The van der Waals surface area contributed by atoms with Gasteiger partial charge in [0, 0.05) is 5.71 Å². The lowest BCUT2D eigenvalue weighted by atomic mass is 10.1. The molecule has 0 aromatic heterocycles. The van der Waals surface area contributed by atoms with E-state index in [-0.39, 0.29) is 5.11 Å². The van der Waals surface area contributed by atoms with Crippen molar-refractivity contribution >= 4 is 23.0 Å². The van der Waals surface area contributed by atoms with Crippen LogP contribution in [0.3, 0.4) is 0 Å². The molecule has 2 aromatic carbocycles. The fraction of sp³-hybridized carbons (Fsp3) is 0.300. The summed E-state index contributed by atoms with van der Waals surface area (Å²) in [5, 5.41) is 4.29. The number of thiocarbonyl (C=S) groups is 1. The van der Waals surface area contributed by atoms with Gasteiger partial charge in [-0.15, -0.1) is 0 Å². The lowest BCUT2D eigenvalue weighted by Crippen LogP contribution is -2.25. The zero-order valence-corrected chi connectivity index (χ0v) is 15.4. The maximum absolute atomic E-state index is 5.81. The summed E-state index contributed by atoms with van der Waals surface area (Å²) in [5.41, 5.74) is 11.5. The van der Waals surface area contributed by atoms with Crippen molar-refractivity contribution in [1.29, 1.82) is 0 Å². The van der Waals surface area contributed by atoms with Gasteiger partial charge in [-0.05, 0) is 68.1 Å². The molecule has 5 heteroatoms. The summed E-state index contributed by atoms with van der Waals surface area (Å²) in [7, 11) is 0. The fourth-order valence-electron chi connectivity index (χ4n) is 2.40. The number of benzene rings is 2. The van der Waals surface area contributed by atoms with E-state index in [9.17, 15) is 0 Å². The number of nitrogens with one attached hydrogen (secondary N) is 1. The Kier molecular flexibility index (Phi) is 7.92. The number of aryl methyl sites for hydroxylation is 2. The van der Waals surface area contributed by atoms with Gasteiger partial charge in [-0.2, -0.15) is 5.10 Å². The van der Waals surface area contributed by atoms with E-state index in [4.69, 9.17) is 22.7 Å². The molecule has 0 aliphatic rings. The van der Waals surface area contributed by atoms with Crippen LogP contribution in [0.4, 0.5) is 0 Å². The van der Waals surface area contributed by atoms with Crippen LogP contribution in [0.2, 0.25) is 0 Å². The molecule has 0 saturated carbocycles. The van der Waals surface area contributed by atoms with Gasteiger partial charge in [-0.3, -0.25) is 5.43 Å². The number of nitrogens with two attached hydrogens (primary N) is 1. The van der Waals surface area contributed by atoms with Gasteiger partial charge in [-0.1, -0.05) is 42.5 Å². The topological polar surface area (TPSA) is 59.6 Å². The quantitative estimate of drug-likeness (QED) is 0.310. The summed E-state index contributed by atoms with van der Waals surface area (Å²) in [5.74, 6) is 0.914. The molecule has 0 amide bonds. The van der Waals surface area contributed by atoms with Crippen LogP contribution in [-0.2, 0) is 12.8 Å². The first-order chi connectivity index (χ1) is 12.1. The Morgan fingerprint density at radius 3 is 2.40 bits per heavy atom. The highest BCUT2D eigenvalue weighted by atomic mass is 32.1. The molecule has 4 nitrogen and oxygen atoms in total. The minimum absolute atomic E-state index is 0.188. The highest BCUT2D eigenvalue weighted by Crippen LogP contribution is 2.14. The van der Waals surface area contributed by atoms with Gasteiger partial charge >= 0.3 is 0 Å². The number of hydrogen-bond donors (Lipinski definition) is 2. The molecule has 0 aliphatic carbocycles. The maximum atomic E-state index is 5.81. The lowest BCUT2D eigenvalue weighted by molar-refractivity contribution is 0.311. The van der Waals surface area contributed by atoms with Crippen molar-refractivity contribution in [1.82, 2.24) is 5.43 Å². The first kappa shape index (κ1) is 18.9. The molecule has 0 atom stereocenters. The Bertz CT molecular complexity index is 684. The van der Waals surface area contributed by atoms with Crippen molar-refractivity contribution in [2.24, 2.45) is 10.8 Å². The molecule has 132 valence electrons. The first-order valence-electron chi connectivity index (χ1n) is 8.48. The molecule has 0 heterocycles. The minimum atomic E-state index is 0.188. The molecule has 0 saturated heterocycles. The van der Waals surface area contributed by atoms with Gasteiger partial charge in [-0.25, -0.2) is 0 Å². The predicted molar refractivity (Wildman–Crippen MR) is 108 cm³/mol. The number of hydrogen-bond acceptors (Lipinski definition) is 3. The van der Waals surface area contributed by atoms with E-state index in [0.29, 0.717) is 0 Å². The van der Waals surface area contributed by atoms with Gasteiger partial charge in [0.1, 0.15) is 5.75 Å². The molecular weight excluding hydrogens is 330 g/mol. The fourth-order valence-corrected chi connectivity index (χ4v) is 2.44. The zero-order chi connectivity index (χ0) is 17.9. The number of hydrazone groups is 1. The van der Waals surface area contributed by atoms with Crippen molar-refractivity contribution in [3.63, 3.8) is 0 Å². The third kappa shape index (κ3) is 7.81. The third-order valence-corrected chi connectivity index (χ3v) is 3.87. The molecule has 0 bridgehead atoms. The van der Waals surface area contributed by atoms with E-state index in [1.54, 1.807) is 0 Å². The summed E-state index contributed by atoms with van der Waals surface area (Å²) in [6.45, 7) is 2.68. The highest BCUT2D eigenvalue weighted by molar-refractivity contribution is 7.80. The van der Waals surface area contributed by atoms with Crippen molar-refractivity contribution in [2.75, 3.05) is 6.61 Å². The van der Waals surface area contributed by atoms with E-state index in [2.05, 4.69) is 46.9 Å². The summed E-state index contributed by atoms with van der Waals surface area (Å²) >= 11 is 4.72. The number of rotatable bonds is 9. The van der Waals surface area contributed by atoms with Gasteiger partial charge in [0.2, 0.25) is 0 Å². The van der Waals surface area contributed by atoms with Gasteiger partial charge in [0.05, 0.1) is 6.61 Å². The molecule has 3 N–H and O–H groups in total. The van der Waals surface area contributed by atoms with E-state index in [0.717, 1.165) is 43.8 Å². The van der Waals surface area contributed by atoms with Gasteiger partial charge in [0.15, 0.2) is 5.11 Å². The van der Waals surface area contributed by atoms with E-state index in [1.165, 1.54) is 11.1 Å². The van der Waals surface area contributed by atoms with E-state index < -0.39 is 0 Å².